The molecule has 0 radical (unpaired) electrons. The summed E-state index contributed by atoms with van der Waals surface area (Å²) in [6, 6.07) is 8.90. The Balaban J connectivity index is 2.69. The summed E-state index contributed by atoms with van der Waals surface area (Å²) >= 11 is 1.60. The van der Waals surface area contributed by atoms with Crippen LogP contribution in [0.25, 0.3) is 0 Å². The Kier molecular flexibility index (Phi) is 3.51. The quantitative estimate of drug-likeness (QED) is 0.699. The zero-order valence-corrected chi connectivity index (χ0v) is 9.55. The van der Waals surface area contributed by atoms with Crippen molar-refractivity contribution in [3.8, 4) is 0 Å². The summed E-state index contributed by atoms with van der Waals surface area (Å²) in [6.45, 7) is 2.13. The van der Waals surface area contributed by atoms with E-state index in [9.17, 15) is 0 Å². The normalized spacial score (nSPS) is 9.80. The predicted octanol–water partition coefficient (Wildman–Crippen LogP) is 0.992. The molecule has 0 bridgehead atoms. The van der Waals surface area contributed by atoms with Gasteiger partial charge in [0.2, 0.25) is 0 Å². The summed E-state index contributed by atoms with van der Waals surface area (Å²) in [5, 5.41) is 0. The monoisotopic (exact) mass is 266 g/mol. The van der Waals surface area contributed by atoms with Crippen molar-refractivity contribution in [2.75, 3.05) is 0 Å². The van der Waals surface area contributed by atoms with Gasteiger partial charge in [0.1, 0.15) is 0 Å². The molecule has 1 aromatic carbocycles. The van der Waals surface area contributed by atoms with Gasteiger partial charge in [0.15, 0.2) is 0 Å². The van der Waals surface area contributed by atoms with Crippen LogP contribution in [0.3, 0.4) is 0 Å². The minimum atomic E-state index is 0.765. The standard InChI is InChI=1S/C8H10Se2/c1-7-3-5-8(6-4-7)10-9-2/h3-6H,1-2H3. The van der Waals surface area contributed by atoms with E-state index in [1.54, 1.807) is 4.46 Å². The van der Waals surface area contributed by atoms with Crippen LogP contribution in [0.1, 0.15) is 5.56 Å². The molecule has 0 spiro atoms. The molecule has 0 atom stereocenters. The van der Waals surface area contributed by atoms with Crippen molar-refractivity contribution in [1.82, 2.24) is 0 Å². The van der Waals surface area contributed by atoms with Crippen molar-refractivity contribution in [1.29, 1.82) is 0 Å². The van der Waals surface area contributed by atoms with Gasteiger partial charge < -0.3 is 0 Å². The first-order valence-electron chi connectivity index (χ1n) is 3.10. The maximum absolute atomic E-state index is 2.30. The average molecular weight is 264 g/mol. The molecule has 1 rings (SSSR count). The van der Waals surface area contributed by atoms with Crippen LogP contribution in [0, 0.1) is 6.92 Å². The number of hydrogen-bond donors (Lipinski definition) is 0. The van der Waals surface area contributed by atoms with Gasteiger partial charge in [-0.25, -0.2) is 0 Å². The summed E-state index contributed by atoms with van der Waals surface area (Å²) in [5.74, 6) is 2.30. The second kappa shape index (κ2) is 4.20. The second-order valence-electron chi connectivity index (χ2n) is 2.06. The fourth-order valence-electron chi connectivity index (χ4n) is 0.690. The predicted molar refractivity (Wildman–Crippen MR) is 48.2 cm³/mol. The summed E-state index contributed by atoms with van der Waals surface area (Å²) in [5.41, 5.74) is 1.36. The van der Waals surface area contributed by atoms with E-state index in [0.29, 0.717) is 0 Å². The van der Waals surface area contributed by atoms with Crippen LogP contribution in [-0.2, 0) is 0 Å². The summed E-state index contributed by atoms with van der Waals surface area (Å²) in [6.07, 6.45) is 0. The first kappa shape index (κ1) is 8.36. The number of benzene rings is 1. The fraction of sp³-hybridized carbons (Fsp3) is 0.250. The molecule has 54 valence electrons. The van der Waals surface area contributed by atoms with Gasteiger partial charge in [0.05, 0.1) is 0 Å². The molecule has 0 aliphatic carbocycles. The molecule has 0 amide bonds. The number of hydrogen-bond acceptors (Lipinski definition) is 0. The molecule has 0 nitrogen and oxygen atoms in total. The van der Waals surface area contributed by atoms with E-state index in [1.165, 1.54) is 5.56 Å². The van der Waals surface area contributed by atoms with E-state index in [-0.39, 0.29) is 0 Å². The Morgan fingerprint density at radius 1 is 1.10 bits per heavy atom. The maximum atomic E-state index is 2.30. The van der Waals surface area contributed by atoms with Gasteiger partial charge in [0, 0.05) is 0 Å². The van der Waals surface area contributed by atoms with E-state index in [4.69, 9.17) is 0 Å². The molecule has 0 unspecified atom stereocenters. The van der Waals surface area contributed by atoms with E-state index < -0.39 is 0 Å². The van der Waals surface area contributed by atoms with Crippen LogP contribution < -0.4 is 4.46 Å². The van der Waals surface area contributed by atoms with Crippen molar-refractivity contribution in [2.45, 2.75) is 12.7 Å². The van der Waals surface area contributed by atoms with Gasteiger partial charge in [-0.1, -0.05) is 0 Å². The van der Waals surface area contributed by atoms with Crippen LogP contribution in [0.4, 0.5) is 0 Å². The van der Waals surface area contributed by atoms with Crippen LogP contribution in [0.5, 0.6) is 0 Å². The van der Waals surface area contributed by atoms with E-state index in [2.05, 4.69) is 37.0 Å². The Hall–Kier alpha value is 0.259. The molecule has 0 N–H and O–H groups in total. The van der Waals surface area contributed by atoms with Crippen molar-refractivity contribution in [3.05, 3.63) is 29.8 Å². The zero-order valence-electron chi connectivity index (χ0n) is 6.13. The van der Waals surface area contributed by atoms with E-state index in [0.717, 1.165) is 26.3 Å². The van der Waals surface area contributed by atoms with Crippen molar-refractivity contribution < 1.29 is 0 Å². The summed E-state index contributed by atoms with van der Waals surface area (Å²) in [7, 11) is 0. The van der Waals surface area contributed by atoms with Crippen molar-refractivity contribution in [3.63, 3.8) is 0 Å². The number of rotatable bonds is 2. The third kappa shape index (κ3) is 2.48. The van der Waals surface area contributed by atoms with Gasteiger partial charge in [-0.3, -0.25) is 0 Å². The molecule has 0 aliphatic heterocycles. The molecular weight excluding hydrogens is 254 g/mol. The molecule has 10 heavy (non-hydrogen) atoms. The molecule has 0 heterocycles. The van der Waals surface area contributed by atoms with Gasteiger partial charge in [-0.05, 0) is 0 Å². The molecule has 2 heteroatoms. The third-order valence-electron chi connectivity index (χ3n) is 1.20. The first-order valence-corrected chi connectivity index (χ1v) is 10.0. The van der Waals surface area contributed by atoms with Crippen LogP contribution in [-0.4, -0.2) is 26.3 Å². The topological polar surface area (TPSA) is 0 Å². The van der Waals surface area contributed by atoms with Crippen molar-refractivity contribution in [2.24, 2.45) is 0 Å². The van der Waals surface area contributed by atoms with Gasteiger partial charge in [-0.15, -0.1) is 0 Å². The number of aryl methyl sites for hydroxylation is 1. The van der Waals surface area contributed by atoms with E-state index >= 15 is 0 Å². The van der Waals surface area contributed by atoms with Crippen LogP contribution in [0.15, 0.2) is 24.3 Å². The van der Waals surface area contributed by atoms with Crippen molar-refractivity contribution >= 4 is 30.7 Å². The Labute approximate surface area is 73.3 Å². The molecule has 0 saturated heterocycles. The first-order chi connectivity index (χ1) is 4.83. The minimum absolute atomic E-state index is 0.765. The second-order valence-corrected chi connectivity index (χ2v) is 9.55. The van der Waals surface area contributed by atoms with Crippen LogP contribution >= 0.6 is 0 Å². The SMILES string of the molecule is C[Se][Se]c1ccc(C)cc1. The molecule has 0 saturated carbocycles. The van der Waals surface area contributed by atoms with Gasteiger partial charge in [-0.2, -0.15) is 0 Å². The van der Waals surface area contributed by atoms with Gasteiger partial charge in [0.25, 0.3) is 0 Å². The van der Waals surface area contributed by atoms with Crippen LogP contribution in [0.2, 0.25) is 5.82 Å². The summed E-state index contributed by atoms with van der Waals surface area (Å²) in [4.78, 5) is 0. The summed E-state index contributed by atoms with van der Waals surface area (Å²) < 4.78 is 1.54. The average Bonchev–Trinajstić information content (AvgIpc) is 1.95. The Bertz CT molecular complexity index is 191. The zero-order chi connectivity index (χ0) is 7.40. The Morgan fingerprint density at radius 3 is 2.20 bits per heavy atom. The molecule has 0 aromatic heterocycles. The molecule has 0 fully saturated rings. The molecule has 0 aliphatic rings. The fourth-order valence-corrected chi connectivity index (χ4v) is 4.92. The Morgan fingerprint density at radius 2 is 1.70 bits per heavy atom. The molecule has 1 aromatic rings. The van der Waals surface area contributed by atoms with Gasteiger partial charge >= 0.3 is 73.3 Å². The third-order valence-corrected chi connectivity index (χ3v) is 6.44. The van der Waals surface area contributed by atoms with E-state index in [1.807, 2.05) is 0 Å². The molecular formula is C8H10Se2.